The number of piperidine rings is 1. The monoisotopic (exact) mass is 478 g/mol. The van der Waals surface area contributed by atoms with E-state index in [4.69, 9.17) is 10.4 Å². The molecule has 1 aliphatic heterocycles. The molecule has 4 rings (SSSR count). The summed E-state index contributed by atoms with van der Waals surface area (Å²) in [5.41, 5.74) is 1.15. The maximum Gasteiger partial charge on any atom is 0.267 e. The molecular formula is C27H38N6O2. The molecule has 35 heavy (non-hydrogen) atoms. The second-order valence-corrected chi connectivity index (χ2v) is 9.57. The van der Waals surface area contributed by atoms with Gasteiger partial charge in [0.1, 0.15) is 16.8 Å². The third kappa shape index (κ3) is 5.99. The first-order valence-electron chi connectivity index (χ1n) is 13.2. The lowest BCUT2D eigenvalue weighted by atomic mass is 10.1. The molecule has 1 amide bonds. The fourth-order valence-electron chi connectivity index (χ4n) is 4.93. The third-order valence-electron chi connectivity index (χ3n) is 6.96. The summed E-state index contributed by atoms with van der Waals surface area (Å²) in [5.74, 6) is -0.303. The smallest absolute Gasteiger partial charge is 0.267 e. The zero-order valence-corrected chi connectivity index (χ0v) is 20.9. The van der Waals surface area contributed by atoms with Crippen LogP contribution in [-0.2, 0) is 6.54 Å². The van der Waals surface area contributed by atoms with Crippen LogP contribution in [0.4, 0.5) is 0 Å². The summed E-state index contributed by atoms with van der Waals surface area (Å²) in [6.45, 7) is 6.24. The number of pyridine rings is 2. The number of nitrogens with zero attached hydrogens (tertiary/aromatic N) is 4. The molecule has 0 radical (unpaired) electrons. The molecule has 0 aromatic carbocycles. The van der Waals surface area contributed by atoms with Gasteiger partial charge in [-0.15, -0.1) is 0 Å². The summed E-state index contributed by atoms with van der Waals surface area (Å²) < 4.78 is 3.25. The second kappa shape index (κ2) is 12.1. The molecule has 0 saturated carbocycles. The highest BCUT2D eigenvalue weighted by Gasteiger charge is 2.18. The van der Waals surface area contributed by atoms with Gasteiger partial charge in [0, 0.05) is 25.8 Å². The number of likely N-dealkylation sites (tertiary alicyclic amines) is 1. The van der Waals surface area contributed by atoms with Gasteiger partial charge < -0.3 is 14.8 Å². The molecule has 8 nitrogen and oxygen atoms in total. The Bertz CT molecular complexity index is 1270. The zero-order chi connectivity index (χ0) is 24.6. The lowest BCUT2D eigenvalue weighted by Crippen LogP contribution is -2.40. The lowest BCUT2D eigenvalue weighted by Gasteiger charge is -2.26. The molecule has 1 fully saturated rings. The van der Waals surface area contributed by atoms with Gasteiger partial charge in [-0.2, -0.15) is 0 Å². The average Bonchev–Trinajstić information content (AvgIpc) is 2.88. The van der Waals surface area contributed by atoms with Crippen molar-refractivity contribution < 1.29 is 4.79 Å². The quantitative estimate of drug-likeness (QED) is 0.324. The highest BCUT2D eigenvalue weighted by molar-refractivity contribution is 5.96. The Kier molecular flexibility index (Phi) is 8.69. The van der Waals surface area contributed by atoms with E-state index in [1.54, 1.807) is 29.0 Å². The molecule has 3 aromatic heterocycles. The van der Waals surface area contributed by atoms with E-state index in [0.29, 0.717) is 29.8 Å². The van der Waals surface area contributed by atoms with E-state index in [0.717, 1.165) is 38.9 Å². The normalized spacial score (nSPS) is 14.5. The van der Waals surface area contributed by atoms with Crippen LogP contribution >= 0.6 is 0 Å². The van der Waals surface area contributed by atoms with E-state index >= 15 is 0 Å². The highest BCUT2D eigenvalue weighted by atomic mass is 16.1. The van der Waals surface area contributed by atoms with Crippen LogP contribution in [0.15, 0.2) is 35.3 Å². The van der Waals surface area contributed by atoms with E-state index in [2.05, 4.69) is 17.1 Å². The minimum absolute atomic E-state index is 0.119. The molecule has 4 heterocycles. The van der Waals surface area contributed by atoms with Crippen molar-refractivity contribution in [2.24, 2.45) is 0 Å². The Morgan fingerprint density at radius 2 is 1.83 bits per heavy atom. The number of fused-ring (bicyclic) bond motifs is 2. The molecule has 1 aliphatic rings. The molecule has 0 unspecified atom stereocenters. The van der Waals surface area contributed by atoms with E-state index in [1.165, 1.54) is 42.9 Å². The number of aromatic nitrogens is 3. The fourth-order valence-corrected chi connectivity index (χ4v) is 4.93. The first kappa shape index (κ1) is 25.1. The average molecular weight is 479 g/mol. The molecule has 3 aromatic rings. The number of aryl methyl sites for hydroxylation is 1. The predicted octanol–water partition coefficient (Wildman–Crippen LogP) is 3.70. The van der Waals surface area contributed by atoms with Gasteiger partial charge in [-0.3, -0.25) is 19.4 Å². The van der Waals surface area contributed by atoms with Gasteiger partial charge in [0.25, 0.3) is 11.5 Å². The van der Waals surface area contributed by atoms with Gasteiger partial charge in [-0.05, 0) is 50.6 Å². The first-order valence-corrected chi connectivity index (χ1v) is 13.2. The van der Waals surface area contributed by atoms with Crippen LogP contribution in [0.3, 0.4) is 0 Å². The second-order valence-electron chi connectivity index (χ2n) is 9.57. The molecular weight excluding hydrogens is 440 g/mol. The van der Waals surface area contributed by atoms with Crippen LogP contribution in [-0.4, -0.2) is 50.9 Å². The maximum absolute atomic E-state index is 13.3. The minimum Gasteiger partial charge on any atom is -0.351 e. The third-order valence-corrected chi connectivity index (χ3v) is 6.96. The van der Waals surface area contributed by atoms with Crippen LogP contribution < -0.4 is 16.4 Å². The number of unbranched alkanes of at least 4 members (excludes halogenated alkanes) is 5. The van der Waals surface area contributed by atoms with Crippen molar-refractivity contribution in [3.63, 3.8) is 0 Å². The molecule has 2 N–H and O–H groups in total. The fraction of sp³-hybridized carbons (Fsp3) is 0.556. The van der Waals surface area contributed by atoms with E-state index in [1.807, 2.05) is 6.07 Å². The van der Waals surface area contributed by atoms with Gasteiger partial charge in [-0.1, -0.05) is 51.5 Å². The van der Waals surface area contributed by atoms with Gasteiger partial charge in [0.15, 0.2) is 0 Å². The summed E-state index contributed by atoms with van der Waals surface area (Å²) in [6, 6.07) is 6.98. The summed E-state index contributed by atoms with van der Waals surface area (Å²) >= 11 is 0. The molecule has 1 saturated heterocycles. The number of hydrogen-bond donors (Lipinski definition) is 2. The molecule has 0 atom stereocenters. The maximum atomic E-state index is 13.3. The van der Waals surface area contributed by atoms with Crippen LogP contribution in [0.25, 0.3) is 16.7 Å². The van der Waals surface area contributed by atoms with Gasteiger partial charge in [0.2, 0.25) is 0 Å². The summed E-state index contributed by atoms with van der Waals surface area (Å²) in [4.78, 5) is 33.5. The Labute approximate surface area is 206 Å². The largest absolute Gasteiger partial charge is 0.351 e. The number of carbonyl (C=O) groups excluding carboxylic acids is 1. The number of amides is 1. The SMILES string of the molecule is CCCCCCCCn1c(=N)c(C(=O)NCCN2CCCCC2)cc2c(=O)n3ccccc3nc21. The van der Waals surface area contributed by atoms with E-state index in [-0.39, 0.29) is 22.5 Å². The van der Waals surface area contributed by atoms with Crippen LogP contribution in [0.5, 0.6) is 0 Å². The summed E-state index contributed by atoms with van der Waals surface area (Å²) in [7, 11) is 0. The van der Waals surface area contributed by atoms with Crippen molar-refractivity contribution in [2.45, 2.75) is 71.3 Å². The number of rotatable bonds is 11. The van der Waals surface area contributed by atoms with Crippen LogP contribution in [0.2, 0.25) is 0 Å². The number of carbonyl (C=O) groups is 1. The molecule has 0 aliphatic carbocycles. The first-order chi connectivity index (χ1) is 17.1. The Balaban J connectivity index is 1.62. The highest BCUT2D eigenvalue weighted by Crippen LogP contribution is 2.13. The van der Waals surface area contributed by atoms with Crippen LogP contribution in [0, 0.1) is 5.41 Å². The summed E-state index contributed by atoms with van der Waals surface area (Å²) in [5, 5.41) is 12.2. The van der Waals surface area contributed by atoms with Crippen molar-refractivity contribution >= 4 is 22.6 Å². The van der Waals surface area contributed by atoms with Crippen molar-refractivity contribution in [1.29, 1.82) is 5.41 Å². The van der Waals surface area contributed by atoms with Crippen molar-refractivity contribution in [3.8, 4) is 0 Å². The van der Waals surface area contributed by atoms with E-state index < -0.39 is 0 Å². The van der Waals surface area contributed by atoms with Crippen LogP contribution in [0.1, 0.15) is 75.1 Å². The van der Waals surface area contributed by atoms with Gasteiger partial charge in [-0.25, -0.2) is 4.98 Å². The van der Waals surface area contributed by atoms with Gasteiger partial charge in [0.05, 0.1) is 10.9 Å². The molecule has 0 bridgehead atoms. The van der Waals surface area contributed by atoms with Crippen molar-refractivity contribution in [3.05, 3.63) is 51.9 Å². The number of nitrogens with one attached hydrogen (secondary N) is 2. The zero-order valence-electron chi connectivity index (χ0n) is 20.9. The number of hydrogen-bond acceptors (Lipinski definition) is 5. The topological polar surface area (TPSA) is 95.5 Å². The molecule has 188 valence electrons. The predicted molar refractivity (Wildman–Crippen MR) is 139 cm³/mol. The van der Waals surface area contributed by atoms with Gasteiger partial charge >= 0.3 is 0 Å². The van der Waals surface area contributed by atoms with E-state index in [9.17, 15) is 9.59 Å². The Morgan fingerprint density at radius 3 is 2.63 bits per heavy atom. The molecule has 0 spiro atoms. The van der Waals surface area contributed by atoms with Crippen molar-refractivity contribution in [2.75, 3.05) is 26.2 Å². The summed E-state index contributed by atoms with van der Waals surface area (Å²) in [6.07, 6.45) is 12.1. The Hall–Kier alpha value is -3.00. The molecule has 8 heteroatoms. The van der Waals surface area contributed by atoms with Crippen molar-refractivity contribution in [1.82, 2.24) is 24.2 Å². The Morgan fingerprint density at radius 1 is 1.06 bits per heavy atom. The standard InChI is InChI=1S/C27H38N6O2/c1-2-3-4-5-6-11-18-33-24(28)21(26(34)29-14-19-31-15-9-7-10-16-31)20-22-25(33)30-23-13-8-12-17-32(23)27(22)35/h8,12-13,17,20,28H,2-7,9-11,14-16,18-19H2,1H3,(H,29,34). The minimum atomic E-state index is -0.303. The lowest BCUT2D eigenvalue weighted by molar-refractivity contribution is 0.0944.